The first-order chi connectivity index (χ1) is 18.7. The summed E-state index contributed by atoms with van der Waals surface area (Å²) in [5, 5.41) is 17.2. The average Bonchev–Trinajstić information content (AvgIpc) is 2.95. The lowest BCUT2D eigenvalue weighted by molar-refractivity contribution is -0.384. The van der Waals surface area contributed by atoms with Crippen LogP contribution in [0.5, 0.6) is 23.0 Å². The molecular weight excluding hydrogens is 512 g/mol. The molecule has 0 atom stereocenters. The zero-order chi connectivity index (χ0) is 28.5. The molecule has 3 aromatic rings. The first-order valence-electron chi connectivity index (χ1n) is 11.2. The molecule has 202 valence electrons. The van der Waals surface area contributed by atoms with E-state index in [0.29, 0.717) is 22.8 Å². The highest BCUT2D eigenvalue weighted by Crippen LogP contribution is 2.30. The summed E-state index contributed by atoms with van der Waals surface area (Å²) in [6.07, 6.45) is 0. The van der Waals surface area contributed by atoms with E-state index in [1.165, 1.54) is 63.8 Å². The second kappa shape index (κ2) is 12.7. The number of hydrazone groups is 1. The molecule has 0 fully saturated rings. The highest BCUT2D eigenvalue weighted by atomic mass is 16.6. The van der Waals surface area contributed by atoms with Crippen LogP contribution in [0.2, 0.25) is 0 Å². The van der Waals surface area contributed by atoms with Gasteiger partial charge in [-0.3, -0.25) is 19.7 Å². The maximum absolute atomic E-state index is 12.5. The van der Waals surface area contributed by atoms with Gasteiger partial charge in [0.15, 0.2) is 11.5 Å². The Bertz CT molecular complexity index is 1440. The topological polar surface area (TPSA) is 168 Å². The van der Waals surface area contributed by atoms with E-state index >= 15 is 0 Å². The van der Waals surface area contributed by atoms with Crippen LogP contribution in [0.3, 0.4) is 0 Å². The maximum atomic E-state index is 12.5. The number of rotatable bonds is 9. The zero-order valence-electron chi connectivity index (χ0n) is 21.3. The number of nitro groups is 1. The molecular formula is C26H24N4O9. The van der Waals surface area contributed by atoms with Crippen LogP contribution in [-0.4, -0.2) is 49.7 Å². The van der Waals surface area contributed by atoms with Crippen molar-refractivity contribution in [3.8, 4) is 23.0 Å². The number of carbonyl (C=O) groups is 3. The molecule has 0 saturated heterocycles. The number of nitrogens with one attached hydrogen (secondary N) is 2. The minimum atomic E-state index is -1.02. The van der Waals surface area contributed by atoms with E-state index in [1.54, 1.807) is 25.1 Å². The number of anilines is 1. The number of methoxy groups -OCH3 is 3. The second-order valence-corrected chi connectivity index (χ2v) is 7.72. The molecule has 0 unspecified atom stereocenters. The van der Waals surface area contributed by atoms with Crippen LogP contribution in [0.15, 0.2) is 65.8 Å². The Morgan fingerprint density at radius 3 is 2.08 bits per heavy atom. The molecule has 0 aliphatic carbocycles. The first kappa shape index (κ1) is 28.1. The van der Waals surface area contributed by atoms with Gasteiger partial charge in [0.25, 0.3) is 5.69 Å². The minimum absolute atomic E-state index is 0.0919. The van der Waals surface area contributed by atoms with E-state index in [9.17, 15) is 24.5 Å². The van der Waals surface area contributed by atoms with Crippen LogP contribution in [0, 0.1) is 10.1 Å². The molecule has 3 aromatic carbocycles. The fourth-order valence-electron chi connectivity index (χ4n) is 3.19. The number of hydrogen-bond acceptors (Lipinski definition) is 10. The summed E-state index contributed by atoms with van der Waals surface area (Å²) in [6.45, 7) is 1.59. The highest BCUT2D eigenvalue weighted by Gasteiger charge is 2.18. The van der Waals surface area contributed by atoms with Crippen LogP contribution < -0.4 is 29.7 Å². The van der Waals surface area contributed by atoms with Gasteiger partial charge >= 0.3 is 17.8 Å². The fraction of sp³-hybridized carbons (Fsp3) is 0.154. The minimum Gasteiger partial charge on any atom is -0.497 e. The highest BCUT2D eigenvalue weighted by molar-refractivity contribution is 6.39. The third kappa shape index (κ3) is 7.07. The molecule has 0 saturated carbocycles. The lowest BCUT2D eigenvalue weighted by Gasteiger charge is -2.12. The number of amides is 2. The maximum Gasteiger partial charge on any atom is 0.343 e. The smallest absolute Gasteiger partial charge is 0.343 e. The van der Waals surface area contributed by atoms with Crippen molar-refractivity contribution in [2.75, 3.05) is 26.6 Å². The lowest BCUT2D eigenvalue weighted by Crippen LogP contribution is -2.33. The largest absolute Gasteiger partial charge is 0.497 e. The lowest BCUT2D eigenvalue weighted by atomic mass is 10.1. The molecule has 2 N–H and O–H groups in total. The Morgan fingerprint density at radius 2 is 1.46 bits per heavy atom. The summed E-state index contributed by atoms with van der Waals surface area (Å²) >= 11 is 0. The monoisotopic (exact) mass is 536 g/mol. The molecule has 3 rings (SSSR count). The number of non-ortho nitro benzene ring substituents is 1. The Kier molecular flexibility index (Phi) is 9.14. The Labute approximate surface area is 222 Å². The summed E-state index contributed by atoms with van der Waals surface area (Å²) in [7, 11) is 4.26. The van der Waals surface area contributed by atoms with Gasteiger partial charge in [-0.05, 0) is 49.4 Å². The number of hydrogen-bond donors (Lipinski definition) is 2. The van der Waals surface area contributed by atoms with Gasteiger partial charge < -0.3 is 24.3 Å². The summed E-state index contributed by atoms with van der Waals surface area (Å²) in [6, 6.07) is 14.2. The Hall–Kier alpha value is -5.46. The molecule has 2 amide bonds. The summed E-state index contributed by atoms with van der Waals surface area (Å²) in [5.74, 6) is -1.64. The van der Waals surface area contributed by atoms with Gasteiger partial charge in [0.2, 0.25) is 0 Å². The van der Waals surface area contributed by atoms with Crippen LogP contribution >= 0.6 is 0 Å². The van der Waals surface area contributed by atoms with Crippen molar-refractivity contribution in [2.24, 2.45) is 5.10 Å². The van der Waals surface area contributed by atoms with Crippen LogP contribution in [0.25, 0.3) is 0 Å². The van der Waals surface area contributed by atoms with Crippen LogP contribution in [0.1, 0.15) is 22.8 Å². The molecule has 0 aliphatic rings. The van der Waals surface area contributed by atoms with E-state index in [2.05, 4.69) is 15.8 Å². The number of benzene rings is 3. The van der Waals surface area contributed by atoms with Crippen molar-refractivity contribution in [1.29, 1.82) is 0 Å². The van der Waals surface area contributed by atoms with Crippen LogP contribution in [-0.2, 0) is 9.59 Å². The molecule has 0 bridgehead atoms. The predicted molar refractivity (Wildman–Crippen MR) is 140 cm³/mol. The van der Waals surface area contributed by atoms with Gasteiger partial charge in [-0.25, -0.2) is 10.2 Å². The molecule has 0 spiro atoms. The third-order valence-corrected chi connectivity index (χ3v) is 5.29. The number of carbonyl (C=O) groups excluding carboxylic acids is 3. The van der Waals surface area contributed by atoms with E-state index < -0.39 is 22.7 Å². The van der Waals surface area contributed by atoms with Crippen molar-refractivity contribution < 1.29 is 38.3 Å². The molecule has 0 radical (unpaired) electrons. The molecule has 0 aromatic heterocycles. The van der Waals surface area contributed by atoms with E-state index in [-0.39, 0.29) is 28.4 Å². The van der Waals surface area contributed by atoms with Gasteiger partial charge in [-0.2, -0.15) is 5.10 Å². The zero-order valence-corrected chi connectivity index (χ0v) is 21.3. The molecule has 39 heavy (non-hydrogen) atoms. The van der Waals surface area contributed by atoms with Gasteiger partial charge in [-0.1, -0.05) is 0 Å². The number of nitrogens with zero attached hydrogens (tertiary/aromatic N) is 2. The average molecular weight is 536 g/mol. The van der Waals surface area contributed by atoms with Gasteiger partial charge in [0.1, 0.15) is 11.5 Å². The summed E-state index contributed by atoms with van der Waals surface area (Å²) in [5.41, 5.74) is 3.22. The molecule has 13 nitrogen and oxygen atoms in total. The van der Waals surface area contributed by atoms with Gasteiger partial charge in [0.05, 0.1) is 43.2 Å². The standard InChI is InChI=1S/C26H24N4O9/c1-15(28-29-25(32)24(31)27-20-11-10-19(36-2)14-22(20)37-3)17-7-12-21(23(13-17)38-4)39-26(33)16-5-8-18(9-6-16)30(34)35/h5-14H,1-4H3,(H,27,31)(H,29,32)/b28-15+. The van der Waals surface area contributed by atoms with Crippen LogP contribution in [0.4, 0.5) is 11.4 Å². The van der Waals surface area contributed by atoms with E-state index in [1.807, 2.05) is 0 Å². The van der Waals surface area contributed by atoms with Crippen molar-refractivity contribution in [3.05, 3.63) is 81.9 Å². The van der Waals surface area contributed by atoms with E-state index in [4.69, 9.17) is 18.9 Å². The van der Waals surface area contributed by atoms with Crippen molar-refractivity contribution in [2.45, 2.75) is 6.92 Å². The molecule has 13 heteroatoms. The normalized spacial score (nSPS) is 10.7. The fourth-order valence-corrected chi connectivity index (χ4v) is 3.19. The quantitative estimate of drug-likeness (QED) is 0.104. The predicted octanol–water partition coefficient (Wildman–Crippen LogP) is 3.32. The Morgan fingerprint density at radius 1 is 0.795 bits per heavy atom. The number of nitro benzene ring substituents is 1. The van der Waals surface area contributed by atoms with Gasteiger partial charge in [0, 0.05) is 23.8 Å². The molecule has 0 aliphatic heterocycles. The van der Waals surface area contributed by atoms with Crippen molar-refractivity contribution >= 4 is 34.9 Å². The summed E-state index contributed by atoms with van der Waals surface area (Å²) < 4.78 is 21.0. The summed E-state index contributed by atoms with van der Waals surface area (Å²) in [4.78, 5) is 47.3. The molecule has 0 heterocycles. The third-order valence-electron chi connectivity index (χ3n) is 5.29. The van der Waals surface area contributed by atoms with Gasteiger partial charge in [-0.15, -0.1) is 0 Å². The van der Waals surface area contributed by atoms with Crippen molar-refractivity contribution in [3.63, 3.8) is 0 Å². The first-order valence-corrected chi connectivity index (χ1v) is 11.2. The Balaban J connectivity index is 1.67. The van der Waals surface area contributed by atoms with Crippen molar-refractivity contribution in [1.82, 2.24) is 5.43 Å². The second-order valence-electron chi connectivity index (χ2n) is 7.72. The van der Waals surface area contributed by atoms with E-state index in [0.717, 1.165) is 0 Å². The number of esters is 1. The number of ether oxygens (including phenoxy) is 4. The SMILES string of the molecule is COc1ccc(NC(=O)C(=O)N/N=C(\C)c2ccc(OC(=O)c3ccc([N+](=O)[O-])cc3)c(OC)c2)c(OC)c1.